The molecule has 0 spiro atoms. The van der Waals surface area contributed by atoms with Gasteiger partial charge in [0.2, 0.25) is 5.43 Å². The van der Waals surface area contributed by atoms with Gasteiger partial charge in [-0.15, -0.1) is 0 Å². The van der Waals surface area contributed by atoms with Crippen molar-refractivity contribution in [2.45, 2.75) is 27.0 Å². The Kier molecular flexibility index (Phi) is 7.99. The molecule has 166 valence electrons. The van der Waals surface area contributed by atoms with Gasteiger partial charge in [0, 0.05) is 18.3 Å². The van der Waals surface area contributed by atoms with Crippen LogP contribution >= 0.6 is 11.6 Å². The van der Waals surface area contributed by atoms with Crippen LogP contribution in [0, 0.1) is 13.8 Å². The van der Waals surface area contributed by atoms with E-state index in [0.717, 1.165) is 0 Å². The molecule has 0 radical (unpaired) electrons. The smallest absolute Gasteiger partial charge is 0.387 e. The van der Waals surface area contributed by atoms with Gasteiger partial charge in [0.05, 0.1) is 18.3 Å². The zero-order valence-corrected chi connectivity index (χ0v) is 18.0. The van der Waals surface area contributed by atoms with Crippen molar-refractivity contribution in [2.24, 2.45) is 0 Å². The Morgan fingerprint density at radius 2 is 1.90 bits per heavy atom. The van der Waals surface area contributed by atoms with Gasteiger partial charge in [0.25, 0.3) is 0 Å². The highest BCUT2D eigenvalue weighted by atomic mass is 35.5. The highest BCUT2D eigenvalue weighted by molar-refractivity contribution is 6.31. The minimum atomic E-state index is -2.94. The van der Waals surface area contributed by atoms with Crippen LogP contribution in [0.15, 0.2) is 64.9 Å². The van der Waals surface area contributed by atoms with E-state index in [4.69, 9.17) is 16.3 Å². The summed E-state index contributed by atoms with van der Waals surface area (Å²) in [5, 5.41) is 2.93. The molecular formula is C22H22ClF3N2O3. The first kappa shape index (κ1) is 24.1. The first-order valence-electron chi connectivity index (χ1n) is 9.03. The summed E-state index contributed by atoms with van der Waals surface area (Å²) in [6, 6.07) is 4.43. The van der Waals surface area contributed by atoms with E-state index in [2.05, 4.69) is 23.2 Å². The van der Waals surface area contributed by atoms with Crippen molar-refractivity contribution in [1.29, 1.82) is 0 Å². The Hall–Kier alpha value is -3.13. The first-order chi connectivity index (χ1) is 14.5. The lowest BCUT2D eigenvalue weighted by atomic mass is 10.1. The van der Waals surface area contributed by atoms with Gasteiger partial charge in [-0.2, -0.15) is 8.78 Å². The predicted octanol–water partition coefficient (Wildman–Crippen LogP) is 5.98. The quantitative estimate of drug-likeness (QED) is 0.473. The lowest BCUT2D eigenvalue weighted by Crippen LogP contribution is -2.15. The van der Waals surface area contributed by atoms with E-state index in [-0.39, 0.29) is 28.5 Å². The molecule has 0 aliphatic heterocycles. The second kappa shape index (κ2) is 10.3. The van der Waals surface area contributed by atoms with Crippen LogP contribution in [0.3, 0.4) is 0 Å². The van der Waals surface area contributed by atoms with Gasteiger partial charge in [-0.05, 0) is 48.8 Å². The van der Waals surface area contributed by atoms with Gasteiger partial charge in [0.1, 0.15) is 17.4 Å². The molecule has 0 unspecified atom stereocenters. The van der Waals surface area contributed by atoms with Gasteiger partial charge in [0.15, 0.2) is 5.75 Å². The fourth-order valence-electron chi connectivity index (χ4n) is 2.75. The molecule has 1 heterocycles. The number of rotatable bonds is 9. The van der Waals surface area contributed by atoms with Gasteiger partial charge >= 0.3 is 6.61 Å². The summed E-state index contributed by atoms with van der Waals surface area (Å²) >= 11 is 5.78. The van der Waals surface area contributed by atoms with Crippen LogP contribution in [0.2, 0.25) is 0 Å². The molecule has 1 N–H and O–H groups in total. The van der Waals surface area contributed by atoms with Crippen LogP contribution in [0.1, 0.15) is 11.1 Å². The predicted molar refractivity (Wildman–Crippen MR) is 116 cm³/mol. The number of nitrogens with zero attached hydrogens (tertiary/aromatic N) is 1. The first-order valence-corrected chi connectivity index (χ1v) is 9.41. The summed E-state index contributed by atoms with van der Waals surface area (Å²) in [5.74, 6) is -0.266. The molecule has 1 aromatic carbocycles. The van der Waals surface area contributed by atoms with Crippen LogP contribution in [0.5, 0.6) is 11.5 Å². The number of nitrogens with one attached hydrogen (secondary N) is 1. The van der Waals surface area contributed by atoms with Crippen molar-refractivity contribution in [3.8, 4) is 11.5 Å². The molecule has 2 aromatic rings. The van der Waals surface area contributed by atoms with Crippen molar-refractivity contribution in [2.75, 3.05) is 12.4 Å². The van der Waals surface area contributed by atoms with Crippen LogP contribution < -0.4 is 20.2 Å². The second-order valence-electron chi connectivity index (χ2n) is 6.71. The molecule has 0 aliphatic carbocycles. The van der Waals surface area contributed by atoms with E-state index in [9.17, 15) is 18.0 Å². The fraction of sp³-hybridized carbons (Fsp3) is 0.227. The van der Waals surface area contributed by atoms with E-state index >= 15 is 0 Å². The number of anilines is 2. The zero-order valence-electron chi connectivity index (χ0n) is 17.3. The van der Waals surface area contributed by atoms with Crippen molar-refractivity contribution >= 4 is 23.1 Å². The van der Waals surface area contributed by atoms with E-state index in [1.165, 1.54) is 31.5 Å². The highest BCUT2D eigenvalue weighted by Gasteiger charge is 2.13. The second-order valence-corrected chi connectivity index (χ2v) is 7.12. The van der Waals surface area contributed by atoms with E-state index < -0.39 is 12.4 Å². The number of alkyl halides is 2. The molecule has 0 fully saturated rings. The van der Waals surface area contributed by atoms with Gasteiger partial charge < -0.3 is 19.4 Å². The number of halogens is 4. The topological polar surface area (TPSA) is 52.5 Å². The Balaban J connectivity index is 2.44. The number of methoxy groups -OCH3 is 1. The maximum Gasteiger partial charge on any atom is 0.387 e. The monoisotopic (exact) mass is 454 g/mol. The molecule has 0 bridgehead atoms. The molecule has 9 heteroatoms. The van der Waals surface area contributed by atoms with Gasteiger partial charge in [-0.1, -0.05) is 24.8 Å². The van der Waals surface area contributed by atoms with Crippen LogP contribution in [0.25, 0.3) is 0 Å². The fourth-order valence-corrected chi connectivity index (χ4v) is 2.91. The van der Waals surface area contributed by atoms with Crippen molar-refractivity contribution in [3.63, 3.8) is 0 Å². The van der Waals surface area contributed by atoms with Crippen LogP contribution in [0.4, 0.5) is 24.7 Å². The summed E-state index contributed by atoms with van der Waals surface area (Å²) < 4.78 is 49.5. The number of ether oxygens (including phenoxy) is 2. The Morgan fingerprint density at radius 1 is 1.23 bits per heavy atom. The maximum absolute atomic E-state index is 13.2. The SMILES string of the molecule is C=C(/C=C(/Cl)C(=C)F)Cn1cc(OC)c(=O)cc1Nc1cc(C)c(OC(F)F)cc1C. The largest absolute Gasteiger partial charge is 0.491 e. The summed E-state index contributed by atoms with van der Waals surface area (Å²) in [7, 11) is 1.36. The van der Waals surface area contributed by atoms with Crippen LogP contribution in [-0.4, -0.2) is 18.3 Å². The average Bonchev–Trinajstić information content (AvgIpc) is 2.67. The Bertz CT molecular complexity index is 1090. The normalized spacial score (nSPS) is 11.4. The molecule has 2 rings (SSSR count). The van der Waals surface area contributed by atoms with Crippen molar-refractivity contribution < 1.29 is 22.6 Å². The van der Waals surface area contributed by atoms with Gasteiger partial charge in [-0.3, -0.25) is 4.79 Å². The summed E-state index contributed by atoms with van der Waals surface area (Å²) in [6.45, 7) is 7.52. The number of hydrogen-bond acceptors (Lipinski definition) is 4. The lowest BCUT2D eigenvalue weighted by Gasteiger charge is -2.19. The zero-order chi connectivity index (χ0) is 23.3. The molecule has 1 aromatic heterocycles. The van der Waals surface area contributed by atoms with E-state index in [0.29, 0.717) is 28.2 Å². The standard InChI is InChI=1S/C22H22ClF3N2O3/c1-12(6-16(23)15(4)24)10-28-11-20(30-5)18(29)9-21(28)27-17-7-14(3)19(8-13(17)2)31-22(25)26/h6-9,11,22,27H,1,4,10H2,2-3,5H3/b16-6+. The molecule has 0 amide bonds. The number of allylic oxidation sites excluding steroid dienone is 4. The number of aromatic nitrogens is 1. The third-order valence-electron chi connectivity index (χ3n) is 4.28. The van der Waals surface area contributed by atoms with E-state index in [1.807, 2.05) is 0 Å². The highest BCUT2D eigenvalue weighted by Crippen LogP contribution is 2.30. The molecule has 0 atom stereocenters. The number of hydrogen-bond donors (Lipinski definition) is 1. The minimum absolute atomic E-state index is 0.0600. The molecular weight excluding hydrogens is 433 g/mol. The third kappa shape index (κ3) is 6.42. The summed E-state index contributed by atoms with van der Waals surface area (Å²) in [5.41, 5.74) is 1.74. The number of benzene rings is 1. The average molecular weight is 455 g/mol. The van der Waals surface area contributed by atoms with E-state index in [1.54, 1.807) is 24.5 Å². The Labute approximate surface area is 183 Å². The number of pyridine rings is 1. The maximum atomic E-state index is 13.2. The molecule has 5 nitrogen and oxygen atoms in total. The molecule has 31 heavy (non-hydrogen) atoms. The third-order valence-corrected chi connectivity index (χ3v) is 4.59. The molecule has 0 aliphatic rings. The van der Waals surface area contributed by atoms with Gasteiger partial charge in [-0.25, -0.2) is 4.39 Å². The molecule has 0 saturated carbocycles. The Morgan fingerprint density at radius 3 is 2.48 bits per heavy atom. The van der Waals surface area contributed by atoms with Crippen molar-refractivity contribution in [1.82, 2.24) is 4.57 Å². The lowest BCUT2D eigenvalue weighted by molar-refractivity contribution is -0.0503. The summed E-state index contributed by atoms with van der Waals surface area (Å²) in [4.78, 5) is 12.3. The summed E-state index contributed by atoms with van der Waals surface area (Å²) in [6.07, 6.45) is 2.79. The van der Waals surface area contributed by atoms with Crippen LogP contribution in [-0.2, 0) is 6.54 Å². The minimum Gasteiger partial charge on any atom is -0.491 e. The molecule has 0 saturated heterocycles. The number of aryl methyl sites for hydroxylation is 2. The van der Waals surface area contributed by atoms with Crippen molar-refractivity contribution in [3.05, 3.63) is 81.4 Å².